The van der Waals surface area contributed by atoms with Gasteiger partial charge in [-0.2, -0.15) is 0 Å². The number of carbonyl (C=O) groups excluding carboxylic acids is 2. The molecule has 1 atom stereocenters. The molecule has 0 aromatic heterocycles. The molecule has 0 bridgehead atoms. The Morgan fingerprint density at radius 2 is 1.47 bits per heavy atom. The predicted molar refractivity (Wildman–Crippen MR) is 129 cm³/mol. The summed E-state index contributed by atoms with van der Waals surface area (Å²) in [6, 6.07) is 23.5. The van der Waals surface area contributed by atoms with E-state index in [0.29, 0.717) is 13.0 Å². The van der Waals surface area contributed by atoms with Crippen molar-refractivity contribution in [2.75, 3.05) is 7.05 Å². The molecule has 2 amide bonds. The summed E-state index contributed by atoms with van der Waals surface area (Å²) in [6.07, 6.45) is 0.724. The molecule has 3 aromatic carbocycles. The Morgan fingerprint density at radius 1 is 0.844 bits per heavy atom. The average Bonchev–Trinajstić information content (AvgIpc) is 2.76. The standard InChI is InChI=1S/C28H32N2O2/c1-20-14-21(2)16-24(15-20)18-27(31)30(19-25-13-9-8-10-22(25)3)26(28(32)29-4)17-23-11-6-5-7-12-23/h5-16,26H,17-19H2,1-4H3,(H,29,32)/t26-/m0/s1. The molecule has 0 saturated carbocycles. The van der Waals surface area contributed by atoms with Gasteiger partial charge in [-0.05, 0) is 43.0 Å². The lowest BCUT2D eigenvalue weighted by Crippen LogP contribution is -2.50. The van der Waals surface area contributed by atoms with E-state index in [4.69, 9.17) is 0 Å². The van der Waals surface area contributed by atoms with E-state index in [2.05, 4.69) is 11.4 Å². The van der Waals surface area contributed by atoms with E-state index in [1.165, 1.54) is 0 Å². The summed E-state index contributed by atoms with van der Waals surface area (Å²) >= 11 is 0. The number of rotatable bonds is 8. The second-order valence-electron chi connectivity index (χ2n) is 8.44. The van der Waals surface area contributed by atoms with Crippen LogP contribution in [0, 0.1) is 20.8 Å². The lowest BCUT2D eigenvalue weighted by Gasteiger charge is -2.32. The molecule has 4 heteroatoms. The van der Waals surface area contributed by atoms with Crippen molar-refractivity contribution < 1.29 is 9.59 Å². The third-order valence-electron chi connectivity index (χ3n) is 5.76. The summed E-state index contributed by atoms with van der Waals surface area (Å²) in [5, 5.41) is 2.77. The zero-order chi connectivity index (χ0) is 23.1. The summed E-state index contributed by atoms with van der Waals surface area (Å²) in [6.45, 7) is 6.50. The fourth-order valence-electron chi connectivity index (χ4n) is 4.14. The van der Waals surface area contributed by atoms with Crippen molar-refractivity contribution in [1.82, 2.24) is 10.2 Å². The smallest absolute Gasteiger partial charge is 0.242 e. The molecule has 0 saturated heterocycles. The Balaban J connectivity index is 1.97. The SMILES string of the molecule is CNC(=O)[C@H](Cc1ccccc1)N(Cc1ccccc1C)C(=O)Cc1cc(C)cc(C)c1. The minimum Gasteiger partial charge on any atom is -0.357 e. The van der Waals surface area contributed by atoms with Gasteiger partial charge in [0.15, 0.2) is 0 Å². The van der Waals surface area contributed by atoms with Crippen molar-refractivity contribution in [2.24, 2.45) is 0 Å². The Bertz CT molecular complexity index is 1060. The zero-order valence-electron chi connectivity index (χ0n) is 19.4. The second-order valence-corrected chi connectivity index (χ2v) is 8.44. The van der Waals surface area contributed by atoms with E-state index in [0.717, 1.165) is 33.4 Å². The van der Waals surface area contributed by atoms with Gasteiger partial charge in [0.25, 0.3) is 0 Å². The van der Waals surface area contributed by atoms with Crippen molar-refractivity contribution in [3.8, 4) is 0 Å². The maximum absolute atomic E-state index is 13.6. The molecule has 0 aliphatic carbocycles. The highest BCUT2D eigenvalue weighted by atomic mass is 16.2. The van der Waals surface area contributed by atoms with Gasteiger partial charge in [0, 0.05) is 20.0 Å². The Morgan fingerprint density at radius 3 is 2.09 bits per heavy atom. The van der Waals surface area contributed by atoms with Gasteiger partial charge < -0.3 is 10.2 Å². The zero-order valence-corrected chi connectivity index (χ0v) is 19.4. The van der Waals surface area contributed by atoms with Gasteiger partial charge in [0.05, 0.1) is 6.42 Å². The highest BCUT2D eigenvalue weighted by molar-refractivity contribution is 5.88. The molecule has 0 fully saturated rings. The van der Waals surface area contributed by atoms with Crippen molar-refractivity contribution in [2.45, 2.75) is 46.2 Å². The van der Waals surface area contributed by atoms with E-state index < -0.39 is 6.04 Å². The molecule has 0 heterocycles. The van der Waals surface area contributed by atoms with Crippen LogP contribution < -0.4 is 5.32 Å². The van der Waals surface area contributed by atoms with Gasteiger partial charge in [-0.1, -0.05) is 83.9 Å². The topological polar surface area (TPSA) is 49.4 Å². The van der Waals surface area contributed by atoms with Crippen molar-refractivity contribution in [3.63, 3.8) is 0 Å². The Kier molecular flexibility index (Phi) is 7.82. The molecule has 3 rings (SSSR count). The number of nitrogens with one attached hydrogen (secondary N) is 1. The average molecular weight is 429 g/mol. The first-order chi connectivity index (χ1) is 15.4. The minimum absolute atomic E-state index is 0.0530. The third kappa shape index (κ3) is 6.07. The molecule has 0 aliphatic heterocycles. The summed E-state index contributed by atoms with van der Waals surface area (Å²) in [5.41, 5.74) is 6.40. The van der Waals surface area contributed by atoms with E-state index in [9.17, 15) is 9.59 Å². The van der Waals surface area contributed by atoms with Crippen molar-refractivity contribution in [3.05, 3.63) is 106 Å². The molecule has 32 heavy (non-hydrogen) atoms. The van der Waals surface area contributed by atoms with Gasteiger partial charge in [-0.15, -0.1) is 0 Å². The molecular formula is C28H32N2O2. The molecular weight excluding hydrogens is 396 g/mol. The summed E-state index contributed by atoms with van der Waals surface area (Å²) in [7, 11) is 1.63. The third-order valence-corrected chi connectivity index (χ3v) is 5.76. The van der Waals surface area contributed by atoms with Crippen LogP contribution in [0.3, 0.4) is 0 Å². The van der Waals surface area contributed by atoms with Crippen LogP contribution in [0.25, 0.3) is 0 Å². The molecule has 4 nitrogen and oxygen atoms in total. The summed E-state index contributed by atoms with van der Waals surface area (Å²) in [4.78, 5) is 28.4. The first kappa shape index (κ1) is 23.3. The second kappa shape index (κ2) is 10.8. The Labute approximate surface area is 191 Å². The van der Waals surface area contributed by atoms with Crippen LogP contribution in [-0.4, -0.2) is 29.8 Å². The number of hydrogen-bond acceptors (Lipinski definition) is 2. The van der Waals surface area contributed by atoms with Crippen molar-refractivity contribution in [1.29, 1.82) is 0 Å². The van der Waals surface area contributed by atoms with E-state index in [1.54, 1.807) is 11.9 Å². The molecule has 3 aromatic rings. The number of aryl methyl sites for hydroxylation is 3. The van der Waals surface area contributed by atoms with Crippen LogP contribution in [0.2, 0.25) is 0 Å². The van der Waals surface area contributed by atoms with Crippen LogP contribution in [0.5, 0.6) is 0 Å². The van der Waals surface area contributed by atoms with Crippen LogP contribution in [0.1, 0.15) is 33.4 Å². The van der Waals surface area contributed by atoms with E-state index >= 15 is 0 Å². The molecule has 0 unspecified atom stereocenters. The predicted octanol–water partition coefficient (Wildman–Crippen LogP) is 4.54. The first-order valence-electron chi connectivity index (χ1n) is 11.0. The normalized spacial score (nSPS) is 11.6. The number of hydrogen-bond donors (Lipinski definition) is 1. The highest BCUT2D eigenvalue weighted by Gasteiger charge is 2.30. The van der Waals surface area contributed by atoms with Gasteiger partial charge in [-0.3, -0.25) is 9.59 Å². The van der Waals surface area contributed by atoms with Crippen LogP contribution in [-0.2, 0) is 29.0 Å². The molecule has 0 aliphatic rings. The number of likely N-dealkylation sites (N-methyl/N-ethyl adjacent to an activating group) is 1. The number of benzene rings is 3. The van der Waals surface area contributed by atoms with Crippen molar-refractivity contribution >= 4 is 11.8 Å². The maximum Gasteiger partial charge on any atom is 0.242 e. The quantitative estimate of drug-likeness (QED) is 0.573. The van der Waals surface area contributed by atoms with E-state index in [1.807, 2.05) is 87.5 Å². The fraction of sp³-hybridized carbons (Fsp3) is 0.286. The molecule has 166 valence electrons. The monoisotopic (exact) mass is 428 g/mol. The summed E-state index contributed by atoms with van der Waals surface area (Å²) < 4.78 is 0. The van der Waals surface area contributed by atoms with Gasteiger partial charge in [0.2, 0.25) is 11.8 Å². The number of amides is 2. The Hall–Kier alpha value is -3.40. The maximum atomic E-state index is 13.6. The van der Waals surface area contributed by atoms with Gasteiger partial charge >= 0.3 is 0 Å². The molecule has 0 radical (unpaired) electrons. The first-order valence-corrected chi connectivity index (χ1v) is 11.0. The summed E-state index contributed by atoms with van der Waals surface area (Å²) in [5.74, 6) is -0.209. The lowest BCUT2D eigenvalue weighted by atomic mass is 9.99. The van der Waals surface area contributed by atoms with Crippen LogP contribution in [0.15, 0.2) is 72.8 Å². The fourth-order valence-corrected chi connectivity index (χ4v) is 4.14. The number of carbonyl (C=O) groups is 2. The number of nitrogens with zero attached hydrogens (tertiary/aromatic N) is 1. The van der Waals surface area contributed by atoms with Gasteiger partial charge in [-0.25, -0.2) is 0 Å². The van der Waals surface area contributed by atoms with Crippen LogP contribution in [0.4, 0.5) is 0 Å². The largest absolute Gasteiger partial charge is 0.357 e. The highest BCUT2D eigenvalue weighted by Crippen LogP contribution is 2.19. The minimum atomic E-state index is -0.597. The lowest BCUT2D eigenvalue weighted by molar-refractivity contribution is -0.140. The molecule has 0 spiro atoms. The van der Waals surface area contributed by atoms with E-state index in [-0.39, 0.29) is 18.2 Å². The van der Waals surface area contributed by atoms with Crippen LogP contribution >= 0.6 is 0 Å². The van der Waals surface area contributed by atoms with Gasteiger partial charge in [0.1, 0.15) is 6.04 Å². The molecule has 1 N–H and O–H groups in total.